The van der Waals surface area contributed by atoms with Crippen molar-refractivity contribution in [1.29, 1.82) is 0 Å². The second-order valence-electron chi connectivity index (χ2n) is 4.84. The Labute approximate surface area is 131 Å². The molecule has 0 unspecified atom stereocenters. The number of non-ortho nitro benzene ring substituents is 1. The molecule has 0 aliphatic heterocycles. The van der Waals surface area contributed by atoms with Crippen molar-refractivity contribution < 1.29 is 14.1 Å². The van der Waals surface area contributed by atoms with Gasteiger partial charge in [0.05, 0.1) is 17.1 Å². The molecule has 0 aliphatic rings. The molecule has 2 rings (SSSR count). The van der Waals surface area contributed by atoms with Gasteiger partial charge in [0.15, 0.2) is 0 Å². The average molecular weight is 315 g/mol. The van der Waals surface area contributed by atoms with E-state index in [0.29, 0.717) is 16.8 Å². The van der Waals surface area contributed by atoms with Gasteiger partial charge in [-0.25, -0.2) is 9.82 Å². The summed E-state index contributed by atoms with van der Waals surface area (Å²) in [5, 5.41) is 14.5. The van der Waals surface area contributed by atoms with Crippen LogP contribution in [0, 0.1) is 15.9 Å². The Balaban J connectivity index is 1.96. The smallest absolute Gasteiger partial charge is 0.269 e. The van der Waals surface area contributed by atoms with Crippen LogP contribution in [-0.4, -0.2) is 16.5 Å². The molecule has 0 aliphatic carbocycles. The van der Waals surface area contributed by atoms with Crippen LogP contribution in [0.15, 0.2) is 53.6 Å². The minimum Gasteiger partial charge on any atom is -0.273 e. The van der Waals surface area contributed by atoms with Crippen molar-refractivity contribution in [3.8, 4) is 0 Å². The van der Waals surface area contributed by atoms with Gasteiger partial charge in [0.2, 0.25) is 5.91 Å². The van der Waals surface area contributed by atoms with E-state index in [1.165, 1.54) is 36.4 Å². The van der Waals surface area contributed by atoms with E-state index in [0.717, 1.165) is 0 Å². The molecule has 7 heteroatoms. The van der Waals surface area contributed by atoms with Gasteiger partial charge in [-0.3, -0.25) is 14.9 Å². The number of rotatable bonds is 5. The third kappa shape index (κ3) is 4.70. The van der Waals surface area contributed by atoms with Gasteiger partial charge in [0, 0.05) is 12.1 Å². The van der Waals surface area contributed by atoms with Crippen molar-refractivity contribution >= 4 is 17.3 Å². The molecule has 0 radical (unpaired) electrons. The van der Waals surface area contributed by atoms with Gasteiger partial charge in [0.25, 0.3) is 5.69 Å². The SMILES string of the molecule is C/C(=N/NC(=O)Cc1ccc(F)cc1)c1ccc([N+](=O)[O-])cc1. The average Bonchev–Trinajstić information content (AvgIpc) is 2.55. The van der Waals surface area contributed by atoms with Crippen molar-refractivity contribution in [2.45, 2.75) is 13.3 Å². The second-order valence-corrected chi connectivity index (χ2v) is 4.84. The first-order valence-electron chi connectivity index (χ1n) is 6.78. The number of amides is 1. The van der Waals surface area contributed by atoms with Crippen molar-refractivity contribution in [1.82, 2.24) is 5.43 Å². The van der Waals surface area contributed by atoms with Crippen LogP contribution < -0.4 is 5.43 Å². The van der Waals surface area contributed by atoms with Gasteiger partial charge in [-0.15, -0.1) is 0 Å². The molecule has 6 nitrogen and oxygen atoms in total. The number of hydrogen-bond donors (Lipinski definition) is 1. The Kier molecular flexibility index (Phi) is 5.14. The fraction of sp³-hybridized carbons (Fsp3) is 0.125. The van der Waals surface area contributed by atoms with Crippen LogP contribution in [0.3, 0.4) is 0 Å². The van der Waals surface area contributed by atoms with Gasteiger partial charge in [-0.2, -0.15) is 5.10 Å². The van der Waals surface area contributed by atoms with Crippen LogP contribution in [-0.2, 0) is 11.2 Å². The minimum absolute atomic E-state index is 0.0121. The van der Waals surface area contributed by atoms with E-state index in [-0.39, 0.29) is 23.8 Å². The van der Waals surface area contributed by atoms with E-state index in [1.54, 1.807) is 19.1 Å². The molecule has 0 heterocycles. The lowest BCUT2D eigenvalue weighted by Crippen LogP contribution is -2.21. The fourth-order valence-electron chi connectivity index (χ4n) is 1.86. The van der Waals surface area contributed by atoms with E-state index in [2.05, 4.69) is 10.5 Å². The number of halogens is 1. The largest absolute Gasteiger partial charge is 0.273 e. The predicted octanol–water partition coefficient (Wildman–Crippen LogP) is 2.82. The zero-order chi connectivity index (χ0) is 16.8. The normalized spacial score (nSPS) is 11.1. The molecule has 0 fully saturated rings. The Morgan fingerprint density at radius 3 is 2.35 bits per heavy atom. The maximum absolute atomic E-state index is 12.8. The Morgan fingerprint density at radius 1 is 1.17 bits per heavy atom. The summed E-state index contributed by atoms with van der Waals surface area (Å²) in [7, 11) is 0. The van der Waals surface area contributed by atoms with Gasteiger partial charge in [-0.1, -0.05) is 12.1 Å². The highest BCUT2D eigenvalue weighted by Gasteiger charge is 2.06. The summed E-state index contributed by atoms with van der Waals surface area (Å²) in [5.41, 5.74) is 4.25. The Hall–Kier alpha value is -3.09. The molecule has 0 aromatic heterocycles. The fourth-order valence-corrected chi connectivity index (χ4v) is 1.86. The number of benzene rings is 2. The number of nitrogens with zero attached hydrogens (tertiary/aromatic N) is 2. The minimum atomic E-state index is -0.485. The number of carbonyl (C=O) groups is 1. The lowest BCUT2D eigenvalue weighted by Gasteiger charge is -2.03. The van der Waals surface area contributed by atoms with E-state index in [1.807, 2.05) is 0 Å². The van der Waals surface area contributed by atoms with Crippen molar-refractivity contribution in [3.05, 3.63) is 75.6 Å². The highest BCUT2D eigenvalue weighted by atomic mass is 19.1. The lowest BCUT2D eigenvalue weighted by molar-refractivity contribution is -0.384. The van der Waals surface area contributed by atoms with E-state index in [9.17, 15) is 19.3 Å². The van der Waals surface area contributed by atoms with Gasteiger partial charge >= 0.3 is 0 Å². The summed E-state index contributed by atoms with van der Waals surface area (Å²) in [4.78, 5) is 21.9. The number of hydrogen-bond acceptors (Lipinski definition) is 4. The van der Waals surface area contributed by atoms with Gasteiger partial charge < -0.3 is 0 Å². The standard InChI is InChI=1S/C16H14FN3O3/c1-11(13-4-8-15(9-5-13)20(22)23)18-19-16(21)10-12-2-6-14(17)7-3-12/h2-9H,10H2,1H3,(H,19,21)/b18-11-. The quantitative estimate of drug-likeness (QED) is 0.523. The predicted molar refractivity (Wildman–Crippen MR) is 83.6 cm³/mol. The second kappa shape index (κ2) is 7.26. The van der Waals surface area contributed by atoms with Crippen molar-refractivity contribution in [2.24, 2.45) is 5.10 Å². The van der Waals surface area contributed by atoms with Crippen LogP contribution >= 0.6 is 0 Å². The molecule has 118 valence electrons. The van der Waals surface area contributed by atoms with Gasteiger partial charge in [-0.05, 0) is 42.3 Å². The molecular weight excluding hydrogens is 301 g/mol. The maximum atomic E-state index is 12.8. The van der Waals surface area contributed by atoms with Crippen LogP contribution in [0.2, 0.25) is 0 Å². The summed E-state index contributed by atoms with van der Waals surface area (Å²) in [6.07, 6.45) is 0.0807. The summed E-state index contributed by atoms with van der Waals surface area (Å²) in [5.74, 6) is -0.695. The van der Waals surface area contributed by atoms with Crippen molar-refractivity contribution in [3.63, 3.8) is 0 Å². The molecule has 0 bridgehead atoms. The van der Waals surface area contributed by atoms with Crippen LogP contribution in [0.5, 0.6) is 0 Å². The molecule has 2 aromatic carbocycles. The monoisotopic (exact) mass is 315 g/mol. The molecular formula is C16H14FN3O3. The molecule has 1 N–H and O–H groups in total. The maximum Gasteiger partial charge on any atom is 0.269 e. The van der Waals surface area contributed by atoms with Crippen molar-refractivity contribution in [2.75, 3.05) is 0 Å². The topological polar surface area (TPSA) is 84.6 Å². The number of carbonyl (C=O) groups excluding carboxylic acids is 1. The van der Waals surface area contributed by atoms with E-state index < -0.39 is 4.92 Å². The molecule has 0 spiro atoms. The molecule has 0 atom stereocenters. The summed E-state index contributed by atoms with van der Waals surface area (Å²) in [6, 6.07) is 11.5. The molecule has 0 saturated carbocycles. The lowest BCUT2D eigenvalue weighted by atomic mass is 10.1. The number of nitrogens with one attached hydrogen (secondary N) is 1. The number of nitro groups is 1. The first kappa shape index (κ1) is 16.3. The Morgan fingerprint density at radius 2 is 1.78 bits per heavy atom. The summed E-state index contributed by atoms with van der Waals surface area (Å²) in [6.45, 7) is 1.68. The first-order valence-corrected chi connectivity index (χ1v) is 6.78. The van der Waals surface area contributed by atoms with Crippen LogP contribution in [0.4, 0.5) is 10.1 Å². The van der Waals surface area contributed by atoms with Gasteiger partial charge in [0.1, 0.15) is 5.82 Å². The van der Waals surface area contributed by atoms with Crippen LogP contribution in [0.1, 0.15) is 18.1 Å². The third-order valence-corrected chi connectivity index (χ3v) is 3.12. The first-order chi connectivity index (χ1) is 11.0. The number of hydrazone groups is 1. The Bertz CT molecular complexity index is 740. The molecule has 1 amide bonds. The highest BCUT2D eigenvalue weighted by Crippen LogP contribution is 2.12. The van der Waals surface area contributed by atoms with E-state index >= 15 is 0 Å². The summed E-state index contributed by atoms with van der Waals surface area (Å²) < 4.78 is 12.8. The molecule has 0 saturated heterocycles. The highest BCUT2D eigenvalue weighted by molar-refractivity contribution is 5.99. The number of nitro benzene ring substituents is 1. The zero-order valence-electron chi connectivity index (χ0n) is 12.3. The molecule has 23 heavy (non-hydrogen) atoms. The third-order valence-electron chi connectivity index (χ3n) is 3.12. The van der Waals surface area contributed by atoms with Crippen LogP contribution in [0.25, 0.3) is 0 Å². The zero-order valence-corrected chi connectivity index (χ0v) is 12.3. The molecule has 2 aromatic rings. The van der Waals surface area contributed by atoms with E-state index in [4.69, 9.17) is 0 Å². The summed E-state index contributed by atoms with van der Waals surface area (Å²) >= 11 is 0.